The number of pyridine rings is 1. The van der Waals surface area contributed by atoms with Crippen LogP contribution in [0.3, 0.4) is 0 Å². The Bertz CT molecular complexity index is 1340. The second-order valence-electron chi connectivity index (χ2n) is 9.60. The zero-order valence-corrected chi connectivity index (χ0v) is 21.2. The van der Waals surface area contributed by atoms with Crippen LogP contribution in [0.1, 0.15) is 54.7 Å². The standard InChI is InChI=1S/C30H30N4OS/c1-21-9-2-5-13-26(21)33-20-8-14-27(33)29-28(25-12-6-7-19-31-25)32-30(36)34(29)22-15-17-24(18-16-22)35-23-10-3-4-11-23/h2,5-9,12-20,23,28-29H,3-4,10-11H2,1H3,(H,32,36)/t28-,29+/m0/s1. The number of ether oxygens (including phenoxy) is 1. The van der Waals surface area contributed by atoms with Crippen LogP contribution in [0.2, 0.25) is 0 Å². The first kappa shape index (κ1) is 22.8. The number of hydrogen-bond acceptors (Lipinski definition) is 3. The molecule has 1 aliphatic carbocycles. The van der Waals surface area contributed by atoms with Crippen LogP contribution in [0.15, 0.2) is 91.3 Å². The fourth-order valence-corrected chi connectivity index (χ4v) is 5.85. The molecule has 0 bridgehead atoms. The maximum absolute atomic E-state index is 6.22. The van der Waals surface area contributed by atoms with Gasteiger partial charge in [-0.1, -0.05) is 24.3 Å². The molecule has 182 valence electrons. The highest BCUT2D eigenvalue weighted by molar-refractivity contribution is 7.80. The largest absolute Gasteiger partial charge is 0.490 e. The van der Waals surface area contributed by atoms with Crippen molar-refractivity contribution in [2.75, 3.05) is 4.90 Å². The second kappa shape index (κ2) is 9.78. The van der Waals surface area contributed by atoms with Crippen molar-refractivity contribution in [3.63, 3.8) is 0 Å². The Labute approximate surface area is 217 Å². The highest BCUT2D eigenvalue weighted by Gasteiger charge is 2.42. The molecule has 2 fully saturated rings. The van der Waals surface area contributed by atoms with Crippen molar-refractivity contribution in [3.8, 4) is 11.4 Å². The Morgan fingerprint density at radius 2 is 1.69 bits per heavy atom. The fourth-order valence-electron chi connectivity index (χ4n) is 5.51. The van der Waals surface area contributed by atoms with Gasteiger partial charge >= 0.3 is 0 Å². The quantitative estimate of drug-likeness (QED) is 0.303. The molecule has 3 heterocycles. The SMILES string of the molecule is Cc1ccccc1-n1cccc1[C@@H]1[C@H](c2ccccn2)NC(=S)N1c1ccc(OC2CCCC2)cc1. The molecule has 0 unspecified atom stereocenters. The van der Waals surface area contributed by atoms with Gasteiger partial charge in [0.25, 0.3) is 0 Å². The van der Waals surface area contributed by atoms with Gasteiger partial charge in [0.05, 0.1) is 17.8 Å². The number of para-hydroxylation sites is 1. The summed E-state index contributed by atoms with van der Waals surface area (Å²) in [6.07, 6.45) is 9.11. The van der Waals surface area contributed by atoms with Crippen LogP contribution in [-0.4, -0.2) is 20.8 Å². The normalized spacial score (nSPS) is 20.0. The van der Waals surface area contributed by atoms with E-state index in [0.29, 0.717) is 11.2 Å². The van der Waals surface area contributed by atoms with Crippen LogP contribution in [0.5, 0.6) is 5.75 Å². The number of aryl methyl sites for hydroxylation is 1. The summed E-state index contributed by atoms with van der Waals surface area (Å²) in [6.45, 7) is 2.15. The molecule has 2 aliphatic rings. The van der Waals surface area contributed by atoms with Crippen molar-refractivity contribution < 1.29 is 4.74 Å². The highest BCUT2D eigenvalue weighted by Crippen LogP contribution is 2.42. The van der Waals surface area contributed by atoms with E-state index >= 15 is 0 Å². The summed E-state index contributed by atoms with van der Waals surface area (Å²) in [6, 6.07) is 27.0. The summed E-state index contributed by atoms with van der Waals surface area (Å²) in [5, 5.41) is 4.27. The zero-order valence-electron chi connectivity index (χ0n) is 20.4. The molecule has 2 aromatic carbocycles. The van der Waals surface area contributed by atoms with Gasteiger partial charge in [-0.2, -0.15) is 0 Å². The molecule has 36 heavy (non-hydrogen) atoms. The first-order chi connectivity index (χ1) is 17.7. The molecule has 6 heteroatoms. The van der Waals surface area contributed by atoms with Crippen LogP contribution >= 0.6 is 12.2 Å². The van der Waals surface area contributed by atoms with Gasteiger partial charge in [-0.3, -0.25) is 4.98 Å². The Morgan fingerprint density at radius 1 is 0.917 bits per heavy atom. The number of nitrogens with one attached hydrogen (secondary N) is 1. The second-order valence-corrected chi connectivity index (χ2v) is 9.99. The topological polar surface area (TPSA) is 42.3 Å². The first-order valence-electron chi connectivity index (χ1n) is 12.7. The predicted octanol–water partition coefficient (Wildman–Crippen LogP) is 6.68. The van der Waals surface area contributed by atoms with Crippen LogP contribution in [0, 0.1) is 6.92 Å². The maximum atomic E-state index is 6.22. The van der Waals surface area contributed by atoms with E-state index in [1.807, 2.05) is 18.3 Å². The number of hydrogen-bond donors (Lipinski definition) is 1. The third-order valence-electron chi connectivity index (χ3n) is 7.28. The van der Waals surface area contributed by atoms with Crippen LogP contribution in [0.4, 0.5) is 5.69 Å². The average molecular weight is 495 g/mol. The zero-order chi connectivity index (χ0) is 24.5. The molecule has 2 atom stereocenters. The smallest absolute Gasteiger partial charge is 0.174 e. The van der Waals surface area contributed by atoms with Gasteiger partial charge in [-0.05, 0) is 105 Å². The van der Waals surface area contributed by atoms with Crippen molar-refractivity contribution in [3.05, 3.63) is 108 Å². The lowest BCUT2D eigenvalue weighted by Gasteiger charge is -2.29. The van der Waals surface area contributed by atoms with Crippen molar-refractivity contribution in [1.82, 2.24) is 14.9 Å². The molecule has 2 aromatic heterocycles. The molecular weight excluding hydrogens is 464 g/mol. The van der Waals surface area contributed by atoms with Gasteiger partial charge in [0.15, 0.2) is 5.11 Å². The summed E-state index contributed by atoms with van der Waals surface area (Å²) in [7, 11) is 0. The Balaban J connectivity index is 1.40. The number of aromatic nitrogens is 2. The van der Waals surface area contributed by atoms with Crippen molar-refractivity contribution in [2.45, 2.75) is 50.8 Å². The maximum Gasteiger partial charge on any atom is 0.174 e. The number of thiocarbonyl (C=S) groups is 1. The van der Waals surface area contributed by atoms with E-state index in [0.717, 1.165) is 41.4 Å². The number of nitrogens with zero attached hydrogens (tertiary/aromatic N) is 3. The van der Waals surface area contributed by atoms with Crippen molar-refractivity contribution >= 4 is 23.0 Å². The lowest BCUT2D eigenvalue weighted by molar-refractivity contribution is 0.210. The molecule has 1 aliphatic heterocycles. The van der Waals surface area contributed by atoms with Crippen LogP contribution < -0.4 is 15.0 Å². The molecule has 5 nitrogen and oxygen atoms in total. The lowest BCUT2D eigenvalue weighted by atomic mass is 10.0. The van der Waals surface area contributed by atoms with E-state index in [4.69, 9.17) is 21.9 Å². The highest BCUT2D eigenvalue weighted by atomic mass is 32.1. The molecule has 6 rings (SSSR count). The van der Waals surface area contributed by atoms with Gasteiger partial charge < -0.3 is 19.5 Å². The molecule has 1 saturated carbocycles. The molecule has 0 amide bonds. The first-order valence-corrected chi connectivity index (χ1v) is 13.1. The summed E-state index contributed by atoms with van der Waals surface area (Å²) in [5.74, 6) is 0.921. The molecule has 1 N–H and O–H groups in total. The van der Waals surface area contributed by atoms with Crippen LogP contribution in [0.25, 0.3) is 5.69 Å². The van der Waals surface area contributed by atoms with Gasteiger partial charge in [-0.25, -0.2) is 0 Å². The minimum Gasteiger partial charge on any atom is -0.490 e. The van der Waals surface area contributed by atoms with Crippen LogP contribution in [-0.2, 0) is 0 Å². The predicted molar refractivity (Wildman–Crippen MR) is 148 cm³/mol. The van der Waals surface area contributed by atoms with E-state index in [1.54, 1.807) is 0 Å². The van der Waals surface area contributed by atoms with Crippen molar-refractivity contribution in [1.29, 1.82) is 0 Å². The van der Waals surface area contributed by atoms with E-state index in [2.05, 4.69) is 94.6 Å². The number of anilines is 1. The van der Waals surface area contributed by atoms with Gasteiger partial charge in [0.1, 0.15) is 11.8 Å². The molecule has 0 radical (unpaired) electrons. The Morgan fingerprint density at radius 3 is 2.44 bits per heavy atom. The van der Waals surface area contributed by atoms with E-state index in [9.17, 15) is 0 Å². The molecular formula is C30H30N4OS. The summed E-state index contributed by atoms with van der Waals surface area (Å²) >= 11 is 5.93. The lowest BCUT2D eigenvalue weighted by Crippen LogP contribution is -2.30. The summed E-state index contributed by atoms with van der Waals surface area (Å²) < 4.78 is 8.49. The minimum atomic E-state index is -0.0919. The van der Waals surface area contributed by atoms with E-state index < -0.39 is 0 Å². The summed E-state index contributed by atoms with van der Waals surface area (Å²) in [4.78, 5) is 6.92. The minimum absolute atomic E-state index is 0.0800. The third-order valence-corrected chi connectivity index (χ3v) is 7.59. The fraction of sp³-hybridized carbons (Fsp3) is 0.267. The van der Waals surface area contributed by atoms with Gasteiger partial charge in [0.2, 0.25) is 0 Å². The molecule has 1 saturated heterocycles. The number of benzene rings is 2. The van der Waals surface area contributed by atoms with Gasteiger partial charge in [-0.15, -0.1) is 0 Å². The molecule has 0 spiro atoms. The number of rotatable bonds is 6. The van der Waals surface area contributed by atoms with E-state index in [1.165, 1.54) is 18.4 Å². The summed E-state index contributed by atoms with van der Waals surface area (Å²) in [5.41, 5.74) is 5.53. The molecule has 4 aromatic rings. The van der Waals surface area contributed by atoms with Crippen molar-refractivity contribution in [2.24, 2.45) is 0 Å². The van der Waals surface area contributed by atoms with E-state index in [-0.39, 0.29) is 12.1 Å². The Hall–Kier alpha value is -3.64. The third kappa shape index (κ3) is 4.26. The average Bonchev–Trinajstić information content (AvgIpc) is 3.66. The Kier molecular flexibility index (Phi) is 6.20. The monoisotopic (exact) mass is 494 g/mol. The van der Waals surface area contributed by atoms with Gasteiger partial charge in [0, 0.05) is 29.5 Å².